The van der Waals surface area contributed by atoms with Crippen LogP contribution in [0.1, 0.15) is 24.8 Å². The molecule has 0 saturated carbocycles. The highest BCUT2D eigenvalue weighted by Crippen LogP contribution is 2.34. The first-order chi connectivity index (χ1) is 11.7. The van der Waals surface area contributed by atoms with Crippen LogP contribution in [0.2, 0.25) is 0 Å². The van der Waals surface area contributed by atoms with E-state index in [1.165, 1.54) is 32.4 Å². The van der Waals surface area contributed by atoms with Crippen molar-refractivity contribution >= 4 is 11.6 Å². The van der Waals surface area contributed by atoms with Gasteiger partial charge in [-0.15, -0.1) is 0 Å². The van der Waals surface area contributed by atoms with Crippen molar-refractivity contribution in [1.82, 2.24) is 20.5 Å². The number of rotatable bonds is 3. The van der Waals surface area contributed by atoms with Crippen molar-refractivity contribution in [2.24, 2.45) is 17.8 Å². The number of nitrogens with one attached hydrogen (secondary N) is 2. The molecule has 3 unspecified atom stereocenters. The Hall–Kier alpha value is -1.88. The predicted octanol–water partition coefficient (Wildman–Crippen LogP) is 1.49. The summed E-state index contributed by atoms with van der Waals surface area (Å²) in [6.07, 6.45) is 9.51. The molecule has 0 aliphatic carbocycles. The highest BCUT2D eigenvalue weighted by Gasteiger charge is 2.42. The van der Waals surface area contributed by atoms with Crippen LogP contribution in [-0.2, 0) is 4.79 Å². The molecule has 3 aliphatic rings. The Kier molecular flexibility index (Phi) is 4.27. The topological polar surface area (TPSA) is 57.3 Å². The first-order valence-electron chi connectivity index (χ1n) is 9.06. The lowest BCUT2D eigenvalue weighted by Crippen LogP contribution is -2.53. The van der Waals surface area contributed by atoms with Crippen molar-refractivity contribution in [2.75, 3.05) is 26.7 Å². The monoisotopic (exact) mass is 326 g/mol. The summed E-state index contributed by atoms with van der Waals surface area (Å²) in [5.41, 5.74) is 2.19. The molecule has 5 nitrogen and oxygen atoms in total. The fourth-order valence-corrected chi connectivity index (χ4v) is 4.56. The lowest BCUT2D eigenvalue weighted by atomic mass is 9.78. The molecule has 0 aromatic carbocycles. The van der Waals surface area contributed by atoms with Gasteiger partial charge in [0, 0.05) is 42.8 Å². The Balaban J connectivity index is 1.48. The van der Waals surface area contributed by atoms with Crippen LogP contribution in [0.3, 0.4) is 0 Å². The van der Waals surface area contributed by atoms with Crippen molar-refractivity contribution in [3.05, 3.63) is 36.2 Å². The van der Waals surface area contributed by atoms with Crippen LogP contribution < -0.4 is 10.6 Å². The average molecular weight is 326 g/mol. The molecule has 1 amide bonds. The Morgan fingerprint density at radius 1 is 1.33 bits per heavy atom. The SMILES string of the molecule is CN1CCC[C@H](CC2CNC(=O)C3C=C(c4ccncc4)NC23)C1. The number of piperidine rings is 2. The summed E-state index contributed by atoms with van der Waals surface area (Å²) in [5, 5.41) is 6.78. The third-order valence-corrected chi connectivity index (χ3v) is 5.75. The van der Waals surface area contributed by atoms with Gasteiger partial charge in [0.15, 0.2) is 0 Å². The van der Waals surface area contributed by atoms with Crippen molar-refractivity contribution in [3.8, 4) is 0 Å². The summed E-state index contributed by atoms with van der Waals surface area (Å²) in [7, 11) is 2.22. The number of nitrogens with zero attached hydrogens (tertiary/aromatic N) is 2. The molecule has 0 radical (unpaired) electrons. The molecular formula is C19H26N4O. The summed E-state index contributed by atoms with van der Waals surface area (Å²) in [6.45, 7) is 3.20. The first-order valence-corrected chi connectivity index (χ1v) is 9.06. The van der Waals surface area contributed by atoms with Gasteiger partial charge in [-0.25, -0.2) is 0 Å². The van der Waals surface area contributed by atoms with E-state index in [4.69, 9.17) is 0 Å². The van der Waals surface area contributed by atoms with E-state index in [9.17, 15) is 4.79 Å². The van der Waals surface area contributed by atoms with Crippen LogP contribution >= 0.6 is 0 Å². The fraction of sp³-hybridized carbons (Fsp3) is 0.579. The lowest BCUT2D eigenvalue weighted by molar-refractivity contribution is -0.126. The second-order valence-electron chi connectivity index (χ2n) is 7.52. The molecule has 2 saturated heterocycles. The number of aromatic nitrogens is 1. The molecular weight excluding hydrogens is 300 g/mol. The van der Waals surface area contributed by atoms with Gasteiger partial charge in [0.2, 0.25) is 5.91 Å². The normalized spacial score (nSPS) is 33.4. The van der Waals surface area contributed by atoms with Crippen molar-refractivity contribution < 1.29 is 4.79 Å². The molecule has 1 aromatic heterocycles. The third-order valence-electron chi connectivity index (χ3n) is 5.75. The van der Waals surface area contributed by atoms with Crippen LogP contribution in [0.15, 0.2) is 30.6 Å². The van der Waals surface area contributed by atoms with Crippen molar-refractivity contribution in [1.29, 1.82) is 0 Å². The molecule has 128 valence electrons. The van der Waals surface area contributed by atoms with Gasteiger partial charge in [0.1, 0.15) is 0 Å². The van der Waals surface area contributed by atoms with E-state index in [1.54, 1.807) is 12.4 Å². The van der Waals surface area contributed by atoms with Crippen LogP contribution in [0, 0.1) is 17.8 Å². The lowest BCUT2D eigenvalue weighted by Gasteiger charge is -2.38. The van der Waals surface area contributed by atoms with Gasteiger partial charge in [-0.3, -0.25) is 9.78 Å². The van der Waals surface area contributed by atoms with Gasteiger partial charge in [-0.1, -0.05) is 0 Å². The molecule has 5 heteroatoms. The van der Waals surface area contributed by atoms with Gasteiger partial charge in [-0.05, 0) is 62.9 Å². The summed E-state index contributed by atoms with van der Waals surface area (Å²) in [4.78, 5) is 18.8. The minimum Gasteiger partial charge on any atom is -0.381 e. The Morgan fingerprint density at radius 3 is 2.96 bits per heavy atom. The molecule has 0 bridgehead atoms. The number of likely N-dealkylation sites (tertiary alicyclic amines) is 1. The average Bonchev–Trinajstić information content (AvgIpc) is 3.05. The highest BCUT2D eigenvalue weighted by atomic mass is 16.2. The highest BCUT2D eigenvalue weighted by molar-refractivity contribution is 5.86. The van der Waals surface area contributed by atoms with Gasteiger partial charge in [0.05, 0.1) is 5.92 Å². The number of carbonyl (C=O) groups excluding carboxylic acids is 1. The van der Waals surface area contributed by atoms with Crippen molar-refractivity contribution in [2.45, 2.75) is 25.3 Å². The Bertz CT molecular complexity index is 630. The minimum atomic E-state index is -0.0479. The predicted molar refractivity (Wildman–Crippen MR) is 94.0 cm³/mol. The van der Waals surface area contributed by atoms with E-state index in [1.807, 2.05) is 12.1 Å². The second-order valence-corrected chi connectivity index (χ2v) is 7.52. The Morgan fingerprint density at radius 2 is 2.17 bits per heavy atom. The van der Waals surface area contributed by atoms with E-state index in [0.717, 1.165) is 23.7 Å². The van der Waals surface area contributed by atoms with Crippen molar-refractivity contribution in [3.63, 3.8) is 0 Å². The van der Waals surface area contributed by atoms with Crippen LogP contribution in [0.4, 0.5) is 0 Å². The molecule has 0 spiro atoms. The zero-order chi connectivity index (χ0) is 16.5. The molecule has 3 aliphatic heterocycles. The first kappa shape index (κ1) is 15.6. The summed E-state index contributed by atoms with van der Waals surface area (Å²) in [5.74, 6) is 1.36. The minimum absolute atomic E-state index is 0.0479. The molecule has 24 heavy (non-hydrogen) atoms. The Labute approximate surface area is 143 Å². The summed E-state index contributed by atoms with van der Waals surface area (Å²) < 4.78 is 0. The summed E-state index contributed by atoms with van der Waals surface area (Å²) >= 11 is 0. The van der Waals surface area contributed by atoms with Gasteiger partial charge in [0.25, 0.3) is 0 Å². The van der Waals surface area contributed by atoms with Gasteiger partial charge >= 0.3 is 0 Å². The fourth-order valence-electron chi connectivity index (χ4n) is 4.56. The van der Waals surface area contributed by atoms with E-state index < -0.39 is 0 Å². The number of hydrogen-bond donors (Lipinski definition) is 2. The second kappa shape index (κ2) is 6.55. The number of fused-ring (bicyclic) bond motifs is 1. The molecule has 2 N–H and O–H groups in total. The number of amides is 1. The van der Waals surface area contributed by atoms with E-state index in [0.29, 0.717) is 5.92 Å². The standard InChI is InChI=1S/C19H26N4O/c1-23-8-2-3-13(12-23)9-15-11-21-19(24)16-10-17(22-18(15)16)14-4-6-20-7-5-14/h4-7,10,13,15-16,18,22H,2-3,8-9,11-12H2,1H3,(H,21,24)/t13-,15?,16?,18?/m1/s1. The maximum absolute atomic E-state index is 12.3. The molecule has 4 heterocycles. The molecule has 4 atom stereocenters. The quantitative estimate of drug-likeness (QED) is 0.884. The molecule has 4 rings (SSSR count). The van der Waals surface area contributed by atoms with Gasteiger partial charge < -0.3 is 15.5 Å². The van der Waals surface area contributed by atoms with Crippen LogP contribution in [0.25, 0.3) is 5.70 Å². The van der Waals surface area contributed by atoms with E-state index in [2.05, 4.69) is 33.6 Å². The van der Waals surface area contributed by atoms with Crippen LogP contribution in [-0.4, -0.2) is 48.5 Å². The third kappa shape index (κ3) is 3.05. The molecule has 2 fully saturated rings. The smallest absolute Gasteiger partial charge is 0.229 e. The van der Waals surface area contributed by atoms with E-state index >= 15 is 0 Å². The van der Waals surface area contributed by atoms with Gasteiger partial charge in [-0.2, -0.15) is 0 Å². The summed E-state index contributed by atoms with van der Waals surface area (Å²) in [6, 6.07) is 4.23. The molecule has 1 aromatic rings. The number of carbonyl (C=O) groups is 1. The van der Waals surface area contributed by atoms with Crippen LogP contribution in [0.5, 0.6) is 0 Å². The zero-order valence-electron chi connectivity index (χ0n) is 14.2. The number of pyridine rings is 1. The number of hydrogen-bond acceptors (Lipinski definition) is 4. The zero-order valence-corrected chi connectivity index (χ0v) is 14.2. The largest absolute Gasteiger partial charge is 0.381 e. The maximum Gasteiger partial charge on any atom is 0.229 e. The maximum atomic E-state index is 12.3. The van der Waals surface area contributed by atoms with E-state index in [-0.39, 0.29) is 17.9 Å².